The Morgan fingerprint density at radius 2 is 2.03 bits per heavy atom. The van der Waals surface area contributed by atoms with Crippen LogP contribution in [0.4, 0.5) is 0 Å². The first-order valence-corrected chi connectivity index (χ1v) is 11.4. The number of phenolic OH excluding ortho intramolecular Hbond substituents is 1. The van der Waals surface area contributed by atoms with E-state index >= 15 is 0 Å². The second-order valence-corrected chi connectivity index (χ2v) is 8.64. The van der Waals surface area contributed by atoms with Crippen LogP contribution in [0.5, 0.6) is 11.5 Å². The predicted molar refractivity (Wildman–Crippen MR) is 129 cm³/mol. The normalized spacial score (nSPS) is 17.3. The fourth-order valence-corrected chi connectivity index (χ4v) is 4.32. The van der Waals surface area contributed by atoms with Gasteiger partial charge in [-0.1, -0.05) is 51.0 Å². The molecule has 6 heteroatoms. The van der Waals surface area contributed by atoms with Crippen molar-refractivity contribution in [2.75, 3.05) is 7.11 Å². The van der Waals surface area contributed by atoms with Crippen molar-refractivity contribution in [3.05, 3.63) is 50.6 Å². The molecule has 1 aromatic carbocycles. The fraction of sp³-hybridized carbons (Fsp3) is 0.478. The van der Waals surface area contributed by atoms with Crippen molar-refractivity contribution in [1.29, 1.82) is 0 Å². The number of rotatable bonds is 10. The largest absolute Gasteiger partial charge is 0.504 e. The third-order valence-electron chi connectivity index (χ3n) is 5.11. The predicted octanol–water partition coefficient (Wildman–Crippen LogP) is 6.13. The van der Waals surface area contributed by atoms with Crippen molar-refractivity contribution in [2.24, 2.45) is 0 Å². The standard InChI is InChI=1S/C23H32BIO4/c1-5-7-16(3)19-11-12-24(27)29-21(19)10-9-17(8-6-2)13-18-14-20(25)23(26)22(15-18)28-4/h11,13-15,21,26-27H,3,5-10,12H2,1-2,4H3/b17-13+. The van der Waals surface area contributed by atoms with Gasteiger partial charge < -0.3 is 19.5 Å². The van der Waals surface area contributed by atoms with Crippen molar-refractivity contribution in [1.82, 2.24) is 0 Å². The van der Waals surface area contributed by atoms with E-state index in [9.17, 15) is 10.1 Å². The van der Waals surface area contributed by atoms with E-state index in [4.69, 9.17) is 9.39 Å². The summed E-state index contributed by atoms with van der Waals surface area (Å²) in [6.45, 7) is 8.55. The second kappa shape index (κ2) is 11.8. The Morgan fingerprint density at radius 1 is 1.31 bits per heavy atom. The van der Waals surface area contributed by atoms with Gasteiger partial charge in [-0.05, 0) is 77.1 Å². The number of phenols is 1. The summed E-state index contributed by atoms with van der Waals surface area (Å²) in [7, 11) is 0.827. The first-order valence-electron chi connectivity index (χ1n) is 10.4. The van der Waals surface area contributed by atoms with Crippen LogP contribution in [0.15, 0.2) is 41.5 Å². The summed E-state index contributed by atoms with van der Waals surface area (Å²) in [5.41, 5.74) is 4.60. The topological polar surface area (TPSA) is 58.9 Å². The molecular weight excluding hydrogens is 478 g/mol. The lowest BCUT2D eigenvalue weighted by Gasteiger charge is -2.28. The lowest BCUT2D eigenvalue weighted by atomic mass is 9.77. The number of methoxy groups -OCH3 is 1. The summed E-state index contributed by atoms with van der Waals surface area (Å²) in [5, 5.41) is 20.1. The molecule has 1 aliphatic heterocycles. The van der Waals surface area contributed by atoms with Crippen molar-refractivity contribution in [2.45, 2.75) is 64.8 Å². The number of aromatic hydroxyl groups is 1. The molecule has 0 saturated carbocycles. The molecule has 1 aromatic rings. The summed E-state index contributed by atoms with van der Waals surface area (Å²) >= 11 is 2.12. The molecule has 0 bridgehead atoms. The van der Waals surface area contributed by atoms with Gasteiger partial charge in [-0.25, -0.2) is 0 Å². The maximum absolute atomic E-state index is 10.1. The highest BCUT2D eigenvalue weighted by Gasteiger charge is 2.28. The molecule has 1 unspecified atom stereocenters. The highest BCUT2D eigenvalue weighted by molar-refractivity contribution is 14.1. The first-order chi connectivity index (χ1) is 13.9. The highest BCUT2D eigenvalue weighted by Crippen LogP contribution is 2.34. The molecule has 0 aliphatic carbocycles. The van der Waals surface area contributed by atoms with E-state index < -0.39 is 7.12 Å². The summed E-state index contributed by atoms with van der Waals surface area (Å²) in [4.78, 5) is 0. The fourth-order valence-electron chi connectivity index (χ4n) is 3.69. The summed E-state index contributed by atoms with van der Waals surface area (Å²) in [5.74, 6) is 0.662. The van der Waals surface area contributed by atoms with Crippen LogP contribution in [0.3, 0.4) is 0 Å². The van der Waals surface area contributed by atoms with E-state index in [1.165, 1.54) is 5.57 Å². The third-order valence-corrected chi connectivity index (χ3v) is 5.93. The monoisotopic (exact) mass is 510 g/mol. The number of hydrogen-bond acceptors (Lipinski definition) is 4. The van der Waals surface area contributed by atoms with Crippen LogP contribution in [0.1, 0.15) is 57.9 Å². The van der Waals surface area contributed by atoms with Crippen molar-refractivity contribution in [3.8, 4) is 11.5 Å². The quantitative estimate of drug-likeness (QED) is 0.294. The molecule has 2 N–H and O–H groups in total. The van der Waals surface area contributed by atoms with E-state index in [0.717, 1.165) is 58.8 Å². The van der Waals surface area contributed by atoms with Crippen LogP contribution in [-0.4, -0.2) is 30.5 Å². The van der Waals surface area contributed by atoms with Gasteiger partial charge in [0.25, 0.3) is 0 Å². The number of ether oxygens (including phenoxy) is 1. The van der Waals surface area contributed by atoms with Crippen LogP contribution in [-0.2, 0) is 4.65 Å². The Kier molecular flexibility index (Phi) is 9.79. The van der Waals surface area contributed by atoms with Gasteiger partial charge in [-0.2, -0.15) is 0 Å². The van der Waals surface area contributed by atoms with Gasteiger partial charge in [0.15, 0.2) is 11.5 Å². The van der Waals surface area contributed by atoms with E-state index in [1.54, 1.807) is 7.11 Å². The van der Waals surface area contributed by atoms with Gasteiger partial charge in [0, 0.05) is 6.32 Å². The molecule has 1 atom stereocenters. The van der Waals surface area contributed by atoms with Crippen LogP contribution in [0.25, 0.3) is 6.08 Å². The molecule has 0 radical (unpaired) electrons. The molecule has 0 fully saturated rings. The first kappa shape index (κ1) is 24.0. The van der Waals surface area contributed by atoms with Crippen LogP contribution < -0.4 is 4.74 Å². The minimum atomic E-state index is -0.736. The van der Waals surface area contributed by atoms with Crippen molar-refractivity contribution >= 4 is 35.8 Å². The SMILES string of the molecule is C=C(CCC)C1=CCB(O)OC1CC/C(=C/c1cc(I)c(O)c(OC)c1)CCC. The number of halogens is 1. The van der Waals surface area contributed by atoms with Crippen LogP contribution in [0.2, 0.25) is 6.32 Å². The zero-order chi connectivity index (χ0) is 21.4. The Labute approximate surface area is 189 Å². The Hall–Kier alpha value is -1.25. The second-order valence-electron chi connectivity index (χ2n) is 7.47. The molecule has 4 nitrogen and oxygen atoms in total. The van der Waals surface area contributed by atoms with Gasteiger partial charge >= 0.3 is 7.12 Å². The summed E-state index contributed by atoms with van der Waals surface area (Å²) < 4.78 is 11.9. The summed E-state index contributed by atoms with van der Waals surface area (Å²) in [6.07, 6.45) is 10.4. The number of hydrogen-bond donors (Lipinski definition) is 2. The van der Waals surface area contributed by atoms with E-state index in [1.807, 2.05) is 12.1 Å². The molecule has 0 aromatic heterocycles. The van der Waals surface area contributed by atoms with Crippen LogP contribution in [0, 0.1) is 3.57 Å². The lowest BCUT2D eigenvalue weighted by molar-refractivity contribution is 0.182. The van der Waals surface area contributed by atoms with Gasteiger partial charge in [-0.3, -0.25) is 0 Å². The van der Waals surface area contributed by atoms with Gasteiger partial charge in [0.2, 0.25) is 0 Å². The number of allylic oxidation sites excluding steroid dienone is 2. The minimum absolute atomic E-state index is 0.118. The zero-order valence-corrected chi connectivity index (χ0v) is 19.9. The molecular formula is C23H32BIO4. The van der Waals surface area contributed by atoms with Crippen molar-refractivity contribution in [3.63, 3.8) is 0 Å². The lowest BCUT2D eigenvalue weighted by Crippen LogP contribution is -2.31. The van der Waals surface area contributed by atoms with Gasteiger partial charge in [-0.15, -0.1) is 0 Å². The molecule has 158 valence electrons. The molecule has 0 spiro atoms. The highest BCUT2D eigenvalue weighted by atomic mass is 127. The Morgan fingerprint density at radius 3 is 2.69 bits per heavy atom. The molecule has 1 heterocycles. The van der Waals surface area contributed by atoms with Gasteiger partial charge in [0.05, 0.1) is 16.8 Å². The maximum Gasteiger partial charge on any atom is 0.458 e. The van der Waals surface area contributed by atoms with E-state index in [0.29, 0.717) is 12.1 Å². The molecule has 1 aliphatic rings. The molecule has 0 amide bonds. The Balaban J connectivity index is 2.18. The van der Waals surface area contributed by atoms with Gasteiger partial charge in [0.1, 0.15) is 0 Å². The minimum Gasteiger partial charge on any atom is -0.504 e. The molecule has 2 rings (SSSR count). The smallest absolute Gasteiger partial charge is 0.458 e. The summed E-state index contributed by atoms with van der Waals surface area (Å²) in [6, 6.07) is 3.83. The average Bonchev–Trinajstić information content (AvgIpc) is 2.69. The van der Waals surface area contributed by atoms with E-state index in [-0.39, 0.29) is 11.9 Å². The molecule has 29 heavy (non-hydrogen) atoms. The average molecular weight is 510 g/mol. The third kappa shape index (κ3) is 6.90. The zero-order valence-electron chi connectivity index (χ0n) is 17.7. The van der Waals surface area contributed by atoms with Crippen LogP contribution >= 0.6 is 22.6 Å². The Bertz CT molecular complexity index is 772. The van der Waals surface area contributed by atoms with Crippen molar-refractivity contribution < 1.29 is 19.5 Å². The maximum atomic E-state index is 10.1. The molecule has 0 saturated heterocycles. The number of benzene rings is 1. The van der Waals surface area contributed by atoms with E-state index in [2.05, 4.69) is 55.2 Å².